The van der Waals surface area contributed by atoms with Gasteiger partial charge in [0.15, 0.2) is 0 Å². The molecule has 20 heavy (non-hydrogen) atoms. The van der Waals surface area contributed by atoms with E-state index in [4.69, 9.17) is 0 Å². The van der Waals surface area contributed by atoms with Crippen molar-refractivity contribution >= 4 is 5.69 Å². The zero-order valence-electron chi connectivity index (χ0n) is 12.4. The molecule has 0 saturated carbocycles. The largest absolute Gasteiger partial charge is 0.349 e. The van der Waals surface area contributed by atoms with E-state index in [2.05, 4.69) is 53.7 Å². The minimum atomic E-state index is 1.13. The summed E-state index contributed by atoms with van der Waals surface area (Å²) in [7, 11) is 2.15. The number of hydrogen-bond acceptors (Lipinski definition) is 1. The third-order valence-electron chi connectivity index (χ3n) is 4.34. The number of quaternary nitrogens is 1. The van der Waals surface area contributed by atoms with Gasteiger partial charge >= 0.3 is 0 Å². The van der Waals surface area contributed by atoms with Crippen LogP contribution in [0.5, 0.6) is 0 Å². The summed E-state index contributed by atoms with van der Waals surface area (Å²) in [6, 6.07) is 8.94. The van der Waals surface area contributed by atoms with Crippen molar-refractivity contribution in [1.82, 2.24) is 0 Å². The van der Waals surface area contributed by atoms with Crippen molar-refractivity contribution < 1.29 is 5.32 Å². The molecule has 0 radical (unpaired) electrons. The molecule has 1 aliphatic carbocycles. The Morgan fingerprint density at radius 3 is 2.85 bits per heavy atom. The quantitative estimate of drug-likeness (QED) is 0.833. The van der Waals surface area contributed by atoms with Gasteiger partial charge in [0.2, 0.25) is 0 Å². The molecule has 0 unspecified atom stereocenters. The Bertz CT molecular complexity index is 528. The van der Waals surface area contributed by atoms with Gasteiger partial charge in [0.25, 0.3) is 0 Å². The molecular formula is C18H25N2+. The number of anilines is 1. The van der Waals surface area contributed by atoms with E-state index in [9.17, 15) is 0 Å². The highest BCUT2D eigenvalue weighted by molar-refractivity contribution is 5.64. The molecular weight excluding hydrogens is 244 g/mol. The van der Waals surface area contributed by atoms with Crippen LogP contribution in [0.3, 0.4) is 0 Å². The molecule has 2 nitrogen and oxygen atoms in total. The first-order chi connectivity index (χ1) is 9.90. The number of nitrogens with two attached hydrogens (primary N) is 1. The van der Waals surface area contributed by atoms with Gasteiger partial charge < -0.3 is 10.2 Å². The van der Waals surface area contributed by atoms with Crippen LogP contribution in [-0.2, 0) is 6.42 Å². The SMILES string of the molecule is C[NH2+]CCCN1C2=CCCC=C2CCc2ccccc21. The smallest absolute Gasteiger partial charge is 0.0770 e. The van der Waals surface area contributed by atoms with Crippen molar-refractivity contribution in [3.8, 4) is 0 Å². The van der Waals surface area contributed by atoms with Gasteiger partial charge in [-0.15, -0.1) is 0 Å². The maximum absolute atomic E-state index is 2.57. The minimum Gasteiger partial charge on any atom is -0.349 e. The van der Waals surface area contributed by atoms with E-state index in [0.717, 1.165) is 6.54 Å². The fourth-order valence-electron chi connectivity index (χ4n) is 3.31. The van der Waals surface area contributed by atoms with Gasteiger partial charge in [-0.2, -0.15) is 0 Å². The van der Waals surface area contributed by atoms with Crippen LogP contribution in [0.25, 0.3) is 0 Å². The highest BCUT2D eigenvalue weighted by atomic mass is 15.1. The predicted molar refractivity (Wildman–Crippen MR) is 84.8 cm³/mol. The molecule has 0 spiro atoms. The molecule has 0 aromatic heterocycles. The monoisotopic (exact) mass is 269 g/mol. The number of aryl methyl sites for hydroxylation is 1. The predicted octanol–water partition coefficient (Wildman–Crippen LogP) is 2.63. The van der Waals surface area contributed by atoms with E-state index in [0.29, 0.717) is 0 Å². The second-order valence-electron chi connectivity index (χ2n) is 5.73. The number of rotatable bonds is 4. The van der Waals surface area contributed by atoms with E-state index in [-0.39, 0.29) is 0 Å². The molecule has 1 aromatic rings. The second kappa shape index (κ2) is 6.27. The van der Waals surface area contributed by atoms with Crippen molar-refractivity contribution in [2.24, 2.45) is 0 Å². The average molecular weight is 269 g/mol. The normalized spacial score (nSPS) is 17.8. The summed E-state index contributed by atoms with van der Waals surface area (Å²) in [4.78, 5) is 2.57. The van der Waals surface area contributed by atoms with E-state index >= 15 is 0 Å². The molecule has 0 bridgehead atoms. The maximum atomic E-state index is 2.57. The summed E-state index contributed by atoms with van der Waals surface area (Å²) in [6.45, 7) is 2.33. The molecule has 106 valence electrons. The average Bonchev–Trinajstić information content (AvgIpc) is 2.66. The Morgan fingerprint density at radius 2 is 1.95 bits per heavy atom. The third-order valence-corrected chi connectivity index (χ3v) is 4.34. The van der Waals surface area contributed by atoms with Crippen molar-refractivity contribution in [2.75, 3.05) is 25.0 Å². The van der Waals surface area contributed by atoms with Gasteiger partial charge in [-0.05, 0) is 42.9 Å². The molecule has 1 aliphatic heterocycles. The Kier molecular flexibility index (Phi) is 4.22. The van der Waals surface area contributed by atoms with E-state index < -0.39 is 0 Å². The summed E-state index contributed by atoms with van der Waals surface area (Å²) in [6.07, 6.45) is 10.9. The molecule has 3 rings (SSSR count). The second-order valence-corrected chi connectivity index (χ2v) is 5.73. The number of allylic oxidation sites excluding steroid dienone is 3. The highest BCUT2D eigenvalue weighted by Gasteiger charge is 2.23. The molecule has 0 atom stereocenters. The molecule has 1 heterocycles. The van der Waals surface area contributed by atoms with Gasteiger partial charge in [0.05, 0.1) is 13.6 Å². The van der Waals surface area contributed by atoms with E-state index in [1.165, 1.54) is 55.6 Å². The Labute approximate surface area is 122 Å². The number of benzene rings is 1. The van der Waals surface area contributed by atoms with Crippen LogP contribution in [0, 0.1) is 0 Å². The van der Waals surface area contributed by atoms with E-state index in [1.807, 2.05) is 0 Å². The van der Waals surface area contributed by atoms with Gasteiger partial charge in [-0.3, -0.25) is 0 Å². The number of hydrogen-bond donors (Lipinski definition) is 1. The van der Waals surface area contributed by atoms with Crippen molar-refractivity contribution in [2.45, 2.75) is 32.1 Å². The van der Waals surface area contributed by atoms with E-state index in [1.54, 1.807) is 5.57 Å². The van der Waals surface area contributed by atoms with Crippen LogP contribution in [0.1, 0.15) is 31.2 Å². The lowest BCUT2D eigenvalue weighted by Gasteiger charge is -2.29. The molecule has 0 saturated heterocycles. The van der Waals surface area contributed by atoms with Crippen LogP contribution < -0.4 is 10.2 Å². The number of para-hydroxylation sites is 1. The molecule has 0 fully saturated rings. The van der Waals surface area contributed by atoms with Crippen molar-refractivity contribution in [3.63, 3.8) is 0 Å². The number of nitrogens with zero attached hydrogens (tertiary/aromatic N) is 1. The Balaban J connectivity index is 1.94. The summed E-state index contributed by atoms with van der Waals surface area (Å²) >= 11 is 0. The summed E-state index contributed by atoms with van der Waals surface area (Å²) in [5.74, 6) is 0. The molecule has 0 amide bonds. The fraction of sp³-hybridized carbons (Fsp3) is 0.444. The van der Waals surface area contributed by atoms with Crippen LogP contribution in [0.2, 0.25) is 0 Å². The molecule has 2 aliphatic rings. The Morgan fingerprint density at radius 1 is 1.10 bits per heavy atom. The highest BCUT2D eigenvalue weighted by Crippen LogP contribution is 2.36. The lowest BCUT2D eigenvalue weighted by molar-refractivity contribution is -0.626. The van der Waals surface area contributed by atoms with Crippen LogP contribution >= 0.6 is 0 Å². The first-order valence-corrected chi connectivity index (χ1v) is 7.93. The van der Waals surface area contributed by atoms with Gasteiger partial charge in [-0.25, -0.2) is 0 Å². The van der Waals surface area contributed by atoms with Gasteiger partial charge in [-0.1, -0.05) is 30.4 Å². The lowest BCUT2D eigenvalue weighted by atomic mass is 9.98. The first-order valence-electron chi connectivity index (χ1n) is 7.93. The molecule has 1 aromatic carbocycles. The zero-order chi connectivity index (χ0) is 13.8. The third kappa shape index (κ3) is 2.66. The fourth-order valence-corrected chi connectivity index (χ4v) is 3.31. The maximum Gasteiger partial charge on any atom is 0.0770 e. The zero-order valence-corrected chi connectivity index (χ0v) is 12.4. The number of fused-ring (bicyclic) bond motifs is 2. The van der Waals surface area contributed by atoms with Gasteiger partial charge in [0, 0.05) is 24.4 Å². The Hall–Kier alpha value is -1.54. The first kappa shape index (κ1) is 13.4. The lowest BCUT2D eigenvalue weighted by Crippen LogP contribution is -2.79. The van der Waals surface area contributed by atoms with Crippen LogP contribution in [0.15, 0.2) is 47.7 Å². The minimum absolute atomic E-state index is 1.13. The standard InChI is InChI=1S/C18H24N2/c1-19-13-6-14-20-17-9-4-2-7-15(17)11-12-16-8-3-5-10-18(16)20/h2,4,7-10,19H,3,5-6,11-14H2,1H3/p+1. The summed E-state index contributed by atoms with van der Waals surface area (Å²) < 4.78 is 0. The summed E-state index contributed by atoms with van der Waals surface area (Å²) in [5.41, 5.74) is 5.98. The molecule has 2 heteroatoms. The molecule has 2 N–H and O–H groups in total. The van der Waals surface area contributed by atoms with Gasteiger partial charge in [0.1, 0.15) is 0 Å². The van der Waals surface area contributed by atoms with Crippen molar-refractivity contribution in [3.05, 3.63) is 53.3 Å². The van der Waals surface area contributed by atoms with Crippen LogP contribution in [0.4, 0.5) is 5.69 Å². The van der Waals surface area contributed by atoms with Crippen LogP contribution in [-0.4, -0.2) is 20.1 Å². The summed E-state index contributed by atoms with van der Waals surface area (Å²) in [5, 5.41) is 2.27. The topological polar surface area (TPSA) is 19.9 Å². The van der Waals surface area contributed by atoms with Crippen molar-refractivity contribution in [1.29, 1.82) is 0 Å².